The van der Waals surface area contributed by atoms with Crippen LogP contribution < -0.4 is 37.1 Å². The van der Waals surface area contributed by atoms with Gasteiger partial charge in [-0.25, -0.2) is 9.97 Å². The van der Waals surface area contributed by atoms with E-state index in [1.165, 1.54) is 0 Å². The minimum atomic E-state index is -0.595. The van der Waals surface area contributed by atoms with Crippen LogP contribution in [0, 0.1) is 6.92 Å². The van der Waals surface area contributed by atoms with Gasteiger partial charge in [0, 0.05) is 56.7 Å². The molecule has 216 valence electrons. The van der Waals surface area contributed by atoms with Crippen LogP contribution in [-0.2, 0) is 4.79 Å². The third kappa shape index (κ3) is 7.30. The second kappa shape index (κ2) is 13.8. The normalized spacial score (nSPS) is 12.9. The number of piperazine rings is 1. The molecule has 1 fully saturated rings. The van der Waals surface area contributed by atoms with Gasteiger partial charge >= 0.3 is 0 Å². The zero-order chi connectivity index (χ0) is 29.4. The number of hydrogen-bond donors (Lipinski definition) is 5. The number of halogens is 1. The minimum absolute atomic E-state index is 0.0466. The van der Waals surface area contributed by atoms with Crippen LogP contribution in [-0.4, -0.2) is 85.0 Å². The summed E-state index contributed by atoms with van der Waals surface area (Å²) >= 11 is 5.89. The van der Waals surface area contributed by atoms with Gasteiger partial charge in [0.05, 0.1) is 12.1 Å². The molecule has 3 amide bonds. The Kier molecular flexibility index (Phi) is 10.5. The van der Waals surface area contributed by atoms with Gasteiger partial charge in [0.2, 0.25) is 0 Å². The number of carbonyl (C=O) groups is 3. The van der Waals surface area contributed by atoms with Crippen LogP contribution in [0.2, 0.25) is 5.15 Å². The monoisotopic (exact) mass is 573 g/mol. The van der Waals surface area contributed by atoms with Crippen molar-refractivity contribution in [3.63, 3.8) is 0 Å². The lowest BCUT2D eigenvalue weighted by molar-refractivity contribution is -0.133. The number of aryl methyl sites for hydroxylation is 1. The fourth-order valence-corrected chi connectivity index (χ4v) is 4.33. The van der Waals surface area contributed by atoms with Gasteiger partial charge in [-0.05, 0) is 32.4 Å². The van der Waals surface area contributed by atoms with Crippen LogP contribution >= 0.6 is 11.6 Å². The predicted octanol–water partition coefficient (Wildman–Crippen LogP) is 0.933. The number of nitrogen functional groups attached to an aromatic ring is 2. The Hall–Kier alpha value is -4.10. The summed E-state index contributed by atoms with van der Waals surface area (Å²) in [6.45, 7) is 13.1. The van der Waals surface area contributed by atoms with E-state index in [-0.39, 0.29) is 53.2 Å². The number of hydrogen-bond acceptors (Lipinski definition) is 10. The van der Waals surface area contributed by atoms with Crippen LogP contribution in [0.25, 0.3) is 0 Å². The van der Waals surface area contributed by atoms with Crippen LogP contribution in [0.1, 0.15) is 40.3 Å². The summed E-state index contributed by atoms with van der Waals surface area (Å²) < 4.78 is 5.93. The molecule has 0 spiro atoms. The topological polar surface area (TPSA) is 181 Å². The Bertz CT molecular complexity index is 1280. The van der Waals surface area contributed by atoms with Gasteiger partial charge in [0.25, 0.3) is 17.7 Å². The molecule has 2 aromatic rings. The molecule has 1 aliphatic heterocycles. The second-order valence-electron chi connectivity index (χ2n) is 9.04. The molecule has 0 saturated carbocycles. The third-order valence-electron chi connectivity index (χ3n) is 6.26. The maximum Gasteiger partial charge on any atom is 0.274 e. The van der Waals surface area contributed by atoms with Crippen molar-refractivity contribution in [2.24, 2.45) is 0 Å². The summed E-state index contributed by atoms with van der Waals surface area (Å²) in [5.41, 5.74) is 13.6. The van der Waals surface area contributed by atoms with Crippen molar-refractivity contribution >= 4 is 46.6 Å². The number of anilines is 3. The molecule has 3 rings (SSSR count). The van der Waals surface area contributed by atoms with E-state index in [4.69, 9.17) is 27.8 Å². The number of nitrogens with two attached hydrogens (primary N) is 2. The number of likely N-dealkylation sites (N-methyl/N-ethyl adjacent to an activating group) is 1. The molecule has 40 heavy (non-hydrogen) atoms. The molecule has 7 N–H and O–H groups in total. The molecule has 1 aromatic carbocycles. The molecular formula is C26H36ClN9O4. The molecule has 0 unspecified atom stereocenters. The van der Waals surface area contributed by atoms with Crippen LogP contribution in [0.5, 0.6) is 5.75 Å². The fraction of sp³-hybridized carbons (Fsp3) is 0.423. The summed E-state index contributed by atoms with van der Waals surface area (Å²) in [6, 6.07) is 3.43. The number of amides is 3. The van der Waals surface area contributed by atoms with Crippen LogP contribution in [0.3, 0.4) is 0 Å². The Morgan fingerprint density at radius 1 is 1.12 bits per heavy atom. The standard InChI is InChI=1S/C26H36ClN9O4/c1-5-31-25(38)17-11-15(3)18(12-19(17)40-14-20(37)35-9-7-30-8-10-35)36(6-2)16(4)13-32-26(39)21-23(28)34-24(29)22(27)33-21/h11-12,30H,4-10,13-14H2,1-3H3,(H,31,38)(H,32,39)(H4,28,29,34). The Morgan fingerprint density at radius 3 is 2.48 bits per heavy atom. The third-order valence-corrected chi connectivity index (χ3v) is 6.54. The molecule has 0 radical (unpaired) electrons. The van der Waals surface area contributed by atoms with Crippen molar-refractivity contribution in [3.8, 4) is 5.75 Å². The van der Waals surface area contributed by atoms with Gasteiger partial charge in [-0.1, -0.05) is 18.2 Å². The van der Waals surface area contributed by atoms with Crippen molar-refractivity contribution in [3.05, 3.63) is 46.4 Å². The molecule has 1 aromatic heterocycles. The molecule has 0 bridgehead atoms. The first kappa shape index (κ1) is 30.4. The fourth-order valence-electron chi connectivity index (χ4n) is 4.20. The van der Waals surface area contributed by atoms with Gasteiger partial charge < -0.3 is 42.0 Å². The van der Waals surface area contributed by atoms with Crippen LogP contribution in [0.4, 0.5) is 17.3 Å². The van der Waals surface area contributed by atoms with E-state index >= 15 is 0 Å². The lowest BCUT2D eigenvalue weighted by Crippen LogP contribution is -2.48. The van der Waals surface area contributed by atoms with Gasteiger partial charge in [-0.3, -0.25) is 14.4 Å². The number of nitrogens with zero attached hydrogens (tertiary/aromatic N) is 4. The maximum absolute atomic E-state index is 12.8. The maximum atomic E-state index is 12.8. The number of carbonyl (C=O) groups excluding carboxylic acids is 3. The molecule has 1 aliphatic rings. The van der Waals surface area contributed by atoms with E-state index in [1.807, 2.05) is 25.7 Å². The molecule has 0 atom stereocenters. The summed E-state index contributed by atoms with van der Waals surface area (Å²) in [5.74, 6) is -1.01. The molecule has 1 saturated heterocycles. The van der Waals surface area contributed by atoms with Gasteiger partial charge in [0.1, 0.15) is 5.75 Å². The lowest BCUT2D eigenvalue weighted by atomic mass is 10.1. The first-order valence-corrected chi connectivity index (χ1v) is 13.3. The van der Waals surface area contributed by atoms with Crippen molar-refractivity contribution in [1.82, 2.24) is 30.8 Å². The largest absolute Gasteiger partial charge is 0.483 e. The summed E-state index contributed by atoms with van der Waals surface area (Å²) in [6.07, 6.45) is 0. The van der Waals surface area contributed by atoms with E-state index in [1.54, 1.807) is 17.0 Å². The number of benzene rings is 1. The number of nitrogens with one attached hydrogen (secondary N) is 3. The average Bonchev–Trinajstić information content (AvgIpc) is 2.94. The Labute approximate surface area is 238 Å². The van der Waals surface area contributed by atoms with E-state index in [2.05, 4.69) is 32.5 Å². The van der Waals surface area contributed by atoms with Gasteiger partial charge in [-0.15, -0.1) is 0 Å². The first-order chi connectivity index (χ1) is 19.1. The molecule has 14 heteroatoms. The zero-order valence-electron chi connectivity index (χ0n) is 23.0. The Balaban J connectivity index is 1.81. The Morgan fingerprint density at radius 2 is 1.82 bits per heavy atom. The summed E-state index contributed by atoms with van der Waals surface area (Å²) in [7, 11) is 0. The van der Waals surface area contributed by atoms with Crippen molar-refractivity contribution in [2.45, 2.75) is 20.8 Å². The molecule has 13 nitrogen and oxygen atoms in total. The highest BCUT2D eigenvalue weighted by Gasteiger charge is 2.23. The van der Waals surface area contributed by atoms with E-state index in [0.29, 0.717) is 43.1 Å². The average molecular weight is 574 g/mol. The summed E-state index contributed by atoms with van der Waals surface area (Å²) in [4.78, 5) is 49.6. The predicted molar refractivity (Wildman–Crippen MR) is 154 cm³/mol. The smallest absolute Gasteiger partial charge is 0.274 e. The zero-order valence-corrected chi connectivity index (χ0v) is 23.7. The number of rotatable bonds is 11. The van der Waals surface area contributed by atoms with E-state index in [9.17, 15) is 14.4 Å². The number of ether oxygens (including phenoxy) is 1. The highest BCUT2D eigenvalue weighted by atomic mass is 35.5. The number of aromatic nitrogens is 2. The first-order valence-electron chi connectivity index (χ1n) is 12.9. The van der Waals surface area contributed by atoms with E-state index in [0.717, 1.165) is 18.7 Å². The minimum Gasteiger partial charge on any atom is -0.483 e. The highest BCUT2D eigenvalue weighted by molar-refractivity contribution is 6.31. The quantitative estimate of drug-likeness (QED) is 0.259. The lowest BCUT2D eigenvalue weighted by Gasteiger charge is -2.29. The molecule has 2 heterocycles. The molecule has 0 aliphatic carbocycles. The molecular weight excluding hydrogens is 538 g/mol. The second-order valence-corrected chi connectivity index (χ2v) is 9.40. The summed E-state index contributed by atoms with van der Waals surface area (Å²) in [5, 5.41) is 8.58. The van der Waals surface area contributed by atoms with Gasteiger partial charge in [0.15, 0.2) is 29.1 Å². The van der Waals surface area contributed by atoms with Gasteiger partial charge in [-0.2, -0.15) is 0 Å². The van der Waals surface area contributed by atoms with Crippen molar-refractivity contribution < 1.29 is 19.1 Å². The SMILES string of the molecule is C=C(CNC(=O)c1nc(Cl)c(N)nc1N)N(CC)c1cc(OCC(=O)N2CCNCC2)c(C(=O)NCC)cc1C. The van der Waals surface area contributed by atoms with E-state index < -0.39 is 5.91 Å². The van der Waals surface area contributed by atoms with Crippen molar-refractivity contribution in [1.29, 1.82) is 0 Å². The van der Waals surface area contributed by atoms with Crippen molar-refractivity contribution in [2.75, 3.05) is 68.8 Å². The van der Waals surface area contributed by atoms with Crippen LogP contribution in [0.15, 0.2) is 24.4 Å². The highest BCUT2D eigenvalue weighted by Crippen LogP contribution is 2.32.